The first-order valence-electron chi connectivity index (χ1n) is 3.81. The second-order valence-electron chi connectivity index (χ2n) is 2.42. The summed E-state index contributed by atoms with van der Waals surface area (Å²) in [6.07, 6.45) is 0. The van der Waals surface area contributed by atoms with Crippen LogP contribution in [0.3, 0.4) is 0 Å². The number of methoxy groups -OCH3 is 1. The topological polar surface area (TPSA) is 18.5 Å². The molecular formula is C9H10F2O2. The Hall–Kier alpha value is -1.16. The predicted molar refractivity (Wildman–Crippen MR) is 43.7 cm³/mol. The Bertz CT molecular complexity index is 276. The van der Waals surface area contributed by atoms with Gasteiger partial charge in [0.15, 0.2) is 11.6 Å². The first kappa shape index (κ1) is 9.92. The Labute approximate surface area is 75.1 Å². The van der Waals surface area contributed by atoms with Crippen LogP contribution in [0.5, 0.6) is 5.75 Å². The maximum atomic E-state index is 12.9. The molecule has 72 valence electrons. The molecule has 0 aliphatic rings. The Morgan fingerprint density at radius 1 is 1.23 bits per heavy atom. The molecule has 0 aromatic heterocycles. The molecule has 13 heavy (non-hydrogen) atoms. The average Bonchev–Trinajstić information content (AvgIpc) is 2.09. The lowest BCUT2D eigenvalue weighted by atomic mass is 10.3. The minimum Gasteiger partial charge on any atom is -0.488 e. The van der Waals surface area contributed by atoms with Crippen LogP contribution < -0.4 is 4.74 Å². The van der Waals surface area contributed by atoms with E-state index in [1.807, 2.05) is 0 Å². The molecule has 0 atom stereocenters. The molecule has 0 amide bonds. The van der Waals surface area contributed by atoms with E-state index >= 15 is 0 Å². The lowest BCUT2D eigenvalue weighted by Crippen LogP contribution is -2.05. The van der Waals surface area contributed by atoms with Crippen molar-refractivity contribution in [3.63, 3.8) is 0 Å². The fourth-order valence-corrected chi connectivity index (χ4v) is 0.827. The second-order valence-corrected chi connectivity index (χ2v) is 2.42. The largest absolute Gasteiger partial charge is 0.488 e. The third kappa shape index (κ3) is 2.99. The summed E-state index contributed by atoms with van der Waals surface area (Å²) < 4.78 is 35.0. The summed E-state index contributed by atoms with van der Waals surface area (Å²) in [5.41, 5.74) is 0. The molecule has 0 saturated carbocycles. The predicted octanol–water partition coefficient (Wildman–Crippen LogP) is 1.99. The molecule has 0 unspecified atom stereocenters. The Kier molecular flexibility index (Phi) is 3.64. The lowest BCUT2D eigenvalue weighted by Gasteiger charge is -2.05. The summed E-state index contributed by atoms with van der Waals surface area (Å²) in [4.78, 5) is 0. The maximum absolute atomic E-state index is 12.9. The maximum Gasteiger partial charge on any atom is 0.167 e. The number of ether oxygens (including phenoxy) is 2. The van der Waals surface area contributed by atoms with Gasteiger partial charge >= 0.3 is 0 Å². The van der Waals surface area contributed by atoms with Crippen molar-refractivity contribution < 1.29 is 18.3 Å². The van der Waals surface area contributed by atoms with E-state index in [9.17, 15) is 8.78 Å². The third-order valence-electron chi connectivity index (χ3n) is 1.44. The first-order chi connectivity index (χ1) is 6.24. The summed E-state index contributed by atoms with van der Waals surface area (Å²) in [5.74, 6) is -1.27. The molecule has 0 N–H and O–H groups in total. The molecular weight excluding hydrogens is 178 g/mol. The number of halogens is 2. The Balaban J connectivity index is 2.56. The van der Waals surface area contributed by atoms with Crippen molar-refractivity contribution in [3.8, 4) is 5.75 Å². The van der Waals surface area contributed by atoms with Gasteiger partial charge in [-0.1, -0.05) is 0 Å². The summed E-state index contributed by atoms with van der Waals surface area (Å²) >= 11 is 0. The van der Waals surface area contributed by atoms with Gasteiger partial charge in [0.25, 0.3) is 0 Å². The summed E-state index contributed by atoms with van der Waals surface area (Å²) in [6.45, 7) is 0.621. The molecule has 0 aliphatic carbocycles. The van der Waals surface area contributed by atoms with Gasteiger partial charge in [-0.3, -0.25) is 0 Å². The molecule has 0 heterocycles. The molecule has 1 rings (SSSR count). The second kappa shape index (κ2) is 4.77. The van der Waals surface area contributed by atoms with E-state index in [0.717, 1.165) is 12.1 Å². The summed E-state index contributed by atoms with van der Waals surface area (Å²) in [6, 6.07) is 3.17. The molecule has 0 fully saturated rings. The third-order valence-corrected chi connectivity index (χ3v) is 1.44. The van der Waals surface area contributed by atoms with Crippen molar-refractivity contribution in [2.24, 2.45) is 0 Å². The number of benzene rings is 1. The van der Waals surface area contributed by atoms with Gasteiger partial charge < -0.3 is 9.47 Å². The van der Waals surface area contributed by atoms with Gasteiger partial charge in [0.1, 0.15) is 12.4 Å². The molecule has 0 aliphatic heterocycles. The molecule has 1 aromatic carbocycles. The van der Waals surface area contributed by atoms with Gasteiger partial charge in [0, 0.05) is 13.2 Å². The summed E-state index contributed by atoms with van der Waals surface area (Å²) in [7, 11) is 1.52. The SMILES string of the molecule is COCCOc1ccc(F)cc1F. The van der Waals surface area contributed by atoms with Crippen LogP contribution in [-0.4, -0.2) is 20.3 Å². The van der Waals surface area contributed by atoms with Crippen LogP contribution >= 0.6 is 0 Å². The van der Waals surface area contributed by atoms with Gasteiger partial charge in [-0.25, -0.2) is 8.78 Å². The Morgan fingerprint density at radius 2 is 2.00 bits per heavy atom. The van der Waals surface area contributed by atoms with Crippen LogP contribution in [0.2, 0.25) is 0 Å². The molecule has 0 bridgehead atoms. The van der Waals surface area contributed by atoms with Gasteiger partial charge in [-0.05, 0) is 12.1 Å². The monoisotopic (exact) mass is 188 g/mol. The zero-order chi connectivity index (χ0) is 9.68. The summed E-state index contributed by atoms with van der Waals surface area (Å²) in [5, 5.41) is 0. The normalized spacial score (nSPS) is 10.1. The van der Waals surface area contributed by atoms with Crippen LogP contribution in [0.4, 0.5) is 8.78 Å². The number of hydrogen-bond donors (Lipinski definition) is 0. The first-order valence-corrected chi connectivity index (χ1v) is 3.81. The van der Waals surface area contributed by atoms with Crippen molar-refractivity contribution >= 4 is 0 Å². The minimum absolute atomic E-state index is 0.0402. The molecule has 0 radical (unpaired) electrons. The number of rotatable bonds is 4. The van der Waals surface area contributed by atoms with Crippen molar-refractivity contribution in [3.05, 3.63) is 29.8 Å². The highest BCUT2D eigenvalue weighted by atomic mass is 19.1. The highest BCUT2D eigenvalue weighted by Gasteiger charge is 2.03. The fourth-order valence-electron chi connectivity index (χ4n) is 0.827. The van der Waals surface area contributed by atoms with Crippen LogP contribution in [0.25, 0.3) is 0 Å². The molecule has 4 heteroatoms. The van der Waals surface area contributed by atoms with Crippen molar-refractivity contribution in [2.75, 3.05) is 20.3 Å². The van der Waals surface area contributed by atoms with E-state index in [1.165, 1.54) is 13.2 Å². The van der Waals surface area contributed by atoms with Crippen molar-refractivity contribution in [1.29, 1.82) is 0 Å². The zero-order valence-corrected chi connectivity index (χ0v) is 7.22. The fraction of sp³-hybridized carbons (Fsp3) is 0.333. The van der Waals surface area contributed by atoms with E-state index in [0.29, 0.717) is 6.61 Å². The van der Waals surface area contributed by atoms with Crippen molar-refractivity contribution in [2.45, 2.75) is 0 Å². The van der Waals surface area contributed by atoms with E-state index in [4.69, 9.17) is 9.47 Å². The quantitative estimate of drug-likeness (QED) is 0.673. The van der Waals surface area contributed by atoms with Crippen LogP contribution in [0, 0.1) is 11.6 Å². The standard InChI is InChI=1S/C9H10F2O2/c1-12-4-5-13-9-3-2-7(10)6-8(9)11/h2-3,6H,4-5H2,1H3. The van der Waals surface area contributed by atoms with E-state index in [1.54, 1.807) is 0 Å². The van der Waals surface area contributed by atoms with Crippen LogP contribution in [0.1, 0.15) is 0 Å². The van der Waals surface area contributed by atoms with E-state index < -0.39 is 11.6 Å². The van der Waals surface area contributed by atoms with Crippen LogP contribution in [0.15, 0.2) is 18.2 Å². The van der Waals surface area contributed by atoms with E-state index in [2.05, 4.69) is 0 Å². The Morgan fingerprint density at radius 3 is 2.62 bits per heavy atom. The molecule has 0 saturated heterocycles. The molecule has 1 aromatic rings. The minimum atomic E-state index is -0.698. The molecule has 0 spiro atoms. The smallest absolute Gasteiger partial charge is 0.167 e. The average molecular weight is 188 g/mol. The van der Waals surface area contributed by atoms with E-state index in [-0.39, 0.29) is 12.4 Å². The zero-order valence-electron chi connectivity index (χ0n) is 7.22. The van der Waals surface area contributed by atoms with Crippen molar-refractivity contribution in [1.82, 2.24) is 0 Å². The van der Waals surface area contributed by atoms with Gasteiger partial charge in [0.05, 0.1) is 6.61 Å². The molecule has 2 nitrogen and oxygen atoms in total. The lowest BCUT2D eigenvalue weighted by molar-refractivity contribution is 0.143. The van der Waals surface area contributed by atoms with Gasteiger partial charge in [-0.15, -0.1) is 0 Å². The van der Waals surface area contributed by atoms with Gasteiger partial charge in [-0.2, -0.15) is 0 Å². The highest BCUT2D eigenvalue weighted by molar-refractivity contribution is 5.24. The number of hydrogen-bond acceptors (Lipinski definition) is 2. The van der Waals surface area contributed by atoms with Crippen LogP contribution in [-0.2, 0) is 4.74 Å². The highest BCUT2D eigenvalue weighted by Crippen LogP contribution is 2.17. The van der Waals surface area contributed by atoms with Gasteiger partial charge in [0.2, 0.25) is 0 Å².